The number of hydrogen-bond acceptors (Lipinski definition) is 2. The Bertz CT molecular complexity index is 431. The summed E-state index contributed by atoms with van der Waals surface area (Å²) in [5.41, 5.74) is 7.06. The lowest BCUT2D eigenvalue weighted by molar-refractivity contribution is 0.0567. The van der Waals surface area contributed by atoms with Crippen molar-refractivity contribution in [3.63, 3.8) is 0 Å². The van der Waals surface area contributed by atoms with E-state index in [0.717, 1.165) is 29.0 Å². The van der Waals surface area contributed by atoms with Gasteiger partial charge >= 0.3 is 0 Å². The van der Waals surface area contributed by atoms with Crippen LogP contribution in [0.15, 0.2) is 22.7 Å². The molecule has 0 spiro atoms. The van der Waals surface area contributed by atoms with E-state index in [2.05, 4.69) is 36.7 Å². The molecule has 18 heavy (non-hydrogen) atoms. The minimum Gasteiger partial charge on any atom is -0.488 e. The summed E-state index contributed by atoms with van der Waals surface area (Å²) < 4.78 is 7.09. The molecule has 0 radical (unpaired) electrons. The molecule has 2 rings (SSSR count). The monoisotopic (exact) mass is 311 g/mol. The van der Waals surface area contributed by atoms with Gasteiger partial charge in [0.25, 0.3) is 0 Å². The van der Waals surface area contributed by atoms with Crippen molar-refractivity contribution in [3.8, 4) is 5.75 Å². The van der Waals surface area contributed by atoms with Crippen LogP contribution in [-0.4, -0.2) is 6.10 Å². The maximum atomic E-state index is 6.10. The van der Waals surface area contributed by atoms with Gasteiger partial charge < -0.3 is 10.5 Å². The van der Waals surface area contributed by atoms with Crippen molar-refractivity contribution in [2.24, 2.45) is 11.3 Å². The van der Waals surface area contributed by atoms with Gasteiger partial charge in [-0.25, -0.2) is 0 Å². The van der Waals surface area contributed by atoms with Crippen molar-refractivity contribution < 1.29 is 4.74 Å². The molecule has 0 aromatic heterocycles. The molecule has 3 heteroatoms. The molecule has 2 nitrogen and oxygen atoms in total. The van der Waals surface area contributed by atoms with Crippen LogP contribution in [0, 0.1) is 11.3 Å². The molecule has 0 amide bonds. The maximum absolute atomic E-state index is 6.10. The third-order valence-corrected chi connectivity index (χ3v) is 4.11. The van der Waals surface area contributed by atoms with Crippen molar-refractivity contribution in [2.45, 2.75) is 46.1 Å². The van der Waals surface area contributed by atoms with Crippen LogP contribution in [0.5, 0.6) is 5.75 Å². The number of benzene rings is 1. The zero-order valence-electron chi connectivity index (χ0n) is 11.4. The third-order valence-electron chi connectivity index (χ3n) is 3.61. The summed E-state index contributed by atoms with van der Waals surface area (Å²) in [6, 6.07) is 5.82. The lowest BCUT2D eigenvalue weighted by Gasteiger charge is -2.39. The van der Waals surface area contributed by atoms with E-state index < -0.39 is 0 Å². The van der Waals surface area contributed by atoms with Gasteiger partial charge in [0, 0.05) is 4.47 Å². The van der Waals surface area contributed by atoms with Crippen LogP contribution in [0.4, 0.5) is 5.69 Å². The highest BCUT2D eigenvalue weighted by molar-refractivity contribution is 9.10. The van der Waals surface area contributed by atoms with Crippen LogP contribution in [-0.2, 0) is 0 Å². The first kappa shape index (κ1) is 13.7. The van der Waals surface area contributed by atoms with E-state index in [1.807, 2.05) is 18.2 Å². The maximum Gasteiger partial charge on any atom is 0.142 e. The quantitative estimate of drug-likeness (QED) is 0.808. The second kappa shape index (κ2) is 5.12. The van der Waals surface area contributed by atoms with E-state index in [4.69, 9.17) is 10.5 Å². The fraction of sp³-hybridized carbons (Fsp3) is 0.600. The van der Waals surface area contributed by atoms with Gasteiger partial charge in [-0.05, 0) is 48.8 Å². The summed E-state index contributed by atoms with van der Waals surface area (Å²) in [4.78, 5) is 0. The molecule has 1 aromatic carbocycles. The molecule has 2 atom stereocenters. The van der Waals surface area contributed by atoms with Crippen molar-refractivity contribution in [3.05, 3.63) is 22.7 Å². The number of hydrogen-bond donors (Lipinski definition) is 1. The Hall–Kier alpha value is -0.700. The minimum absolute atomic E-state index is 0.284. The predicted molar refractivity (Wildman–Crippen MR) is 79.8 cm³/mol. The standard InChI is InChI=1S/C15H22BrNO/c1-10-6-12(9-15(2,3)8-10)18-14-5-4-11(16)7-13(14)17/h4-5,7,10,12H,6,8-9,17H2,1-3H3. The number of rotatable bonds is 2. The highest BCUT2D eigenvalue weighted by Gasteiger charge is 2.33. The molecular formula is C15H22BrNO. The van der Waals surface area contributed by atoms with E-state index >= 15 is 0 Å². The topological polar surface area (TPSA) is 35.2 Å². The highest BCUT2D eigenvalue weighted by Crippen LogP contribution is 2.40. The van der Waals surface area contributed by atoms with Gasteiger partial charge in [-0.15, -0.1) is 0 Å². The second-order valence-electron chi connectivity index (χ2n) is 6.34. The lowest BCUT2D eigenvalue weighted by Crippen LogP contribution is -2.34. The molecule has 1 aromatic rings. The van der Waals surface area contributed by atoms with Crippen molar-refractivity contribution in [1.82, 2.24) is 0 Å². The van der Waals surface area contributed by atoms with Gasteiger partial charge in [0.2, 0.25) is 0 Å². The third kappa shape index (κ3) is 3.41. The van der Waals surface area contributed by atoms with Crippen LogP contribution in [0.25, 0.3) is 0 Å². The zero-order chi connectivity index (χ0) is 13.3. The average molecular weight is 312 g/mol. The van der Waals surface area contributed by atoms with Gasteiger partial charge in [0.1, 0.15) is 5.75 Å². The first-order valence-electron chi connectivity index (χ1n) is 6.57. The van der Waals surface area contributed by atoms with Crippen LogP contribution in [0.1, 0.15) is 40.0 Å². The fourth-order valence-corrected chi connectivity index (χ4v) is 3.53. The highest BCUT2D eigenvalue weighted by atomic mass is 79.9. The molecule has 0 heterocycles. The van der Waals surface area contributed by atoms with Crippen LogP contribution in [0.2, 0.25) is 0 Å². The molecule has 0 bridgehead atoms. The van der Waals surface area contributed by atoms with Crippen LogP contribution < -0.4 is 10.5 Å². The summed E-state index contributed by atoms with van der Waals surface area (Å²) in [5, 5.41) is 0. The summed E-state index contributed by atoms with van der Waals surface area (Å²) >= 11 is 3.41. The van der Waals surface area contributed by atoms with Gasteiger partial charge in [-0.2, -0.15) is 0 Å². The Morgan fingerprint density at radius 3 is 2.67 bits per heavy atom. The Balaban J connectivity index is 2.09. The zero-order valence-corrected chi connectivity index (χ0v) is 13.0. The van der Waals surface area contributed by atoms with E-state index in [9.17, 15) is 0 Å². The van der Waals surface area contributed by atoms with E-state index in [1.54, 1.807) is 0 Å². The summed E-state index contributed by atoms with van der Waals surface area (Å²) in [6.45, 7) is 6.95. The molecular weight excluding hydrogens is 290 g/mol. The Morgan fingerprint density at radius 1 is 1.33 bits per heavy atom. The molecule has 0 saturated heterocycles. The molecule has 100 valence electrons. The lowest BCUT2D eigenvalue weighted by atomic mass is 9.71. The summed E-state index contributed by atoms with van der Waals surface area (Å²) in [6.07, 6.45) is 3.79. The number of halogens is 1. The Morgan fingerprint density at radius 2 is 2.06 bits per heavy atom. The molecule has 1 aliphatic rings. The Kier molecular flexibility index (Phi) is 3.90. The largest absolute Gasteiger partial charge is 0.488 e. The number of anilines is 1. The van der Waals surface area contributed by atoms with Gasteiger partial charge in [-0.3, -0.25) is 0 Å². The summed E-state index contributed by atoms with van der Waals surface area (Å²) in [5.74, 6) is 1.53. The van der Waals surface area contributed by atoms with Gasteiger partial charge in [0.15, 0.2) is 0 Å². The molecule has 2 unspecified atom stereocenters. The van der Waals surface area contributed by atoms with Crippen molar-refractivity contribution >= 4 is 21.6 Å². The number of ether oxygens (including phenoxy) is 1. The van der Waals surface area contributed by atoms with E-state index in [-0.39, 0.29) is 6.10 Å². The van der Waals surface area contributed by atoms with Gasteiger partial charge in [0.05, 0.1) is 11.8 Å². The second-order valence-corrected chi connectivity index (χ2v) is 7.25. The first-order chi connectivity index (χ1) is 8.35. The number of nitrogen functional groups attached to an aromatic ring is 1. The SMILES string of the molecule is CC1CC(Oc2ccc(Br)cc2N)CC(C)(C)C1. The summed E-state index contributed by atoms with van der Waals surface area (Å²) in [7, 11) is 0. The van der Waals surface area contributed by atoms with E-state index in [0.29, 0.717) is 11.1 Å². The minimum atomic E-state index is 0.284. The smallest absolute Gasteiger partial charge is 0.142 e. The Labute approximate surface area is 118 Å². The van der Waals surface area contributed by atoms with Crippen LogP contribution >= 0.6 is 15.9 Å². The average Bonchev–Trinajstić information content (AvgIpc) is 2.19. The molecule has 1 aliphatic carbocycles. The van der Waals surface area contributed by atoms with Gasteiger partial charge in [-0.1, -0.05) is 36.7 Å². The van der Waals surface area contributed by atoms with Crippen molar-refractivity contribution in [2.75, 3.05) is 5.73 Å². The molecule has 2 N–H and O–H groups in total. The number of nitrogens with two attached hydrogens (primary N) is 1. The predicted octanol–water partition coefficient (Wildman–Crippen LogP) is 4.62. The molecule has 1 saturated carbocycles. The van der Waals surface area contributed by atoms with Crippen molar-refractivity contribution in [1.29, 1.82) is 0 Å². The van der Waals surface area contributed by atoms with Crippen LogP contribution in [0.3, 0.4) is 0 Å². The molecule has 1 fully saturated rings. The molecule has 0 aliphatic heterocycles. The normalized spacial score (nSPS) is 26.9. The van der Waals surface area contributed by atoms with E-state index in [1.165, 1.54) is 6.42 Å². The fourth-order valence-electron chi connectivity index (χ4n) is 3.15. The first-order valence-corrected chi connectivity index (χ1v) is 7.37.